The first-order valence-corrected chi connectivity index (χ1v) is 7.04. The van der Waals surface area contributed by atoms with Gasteiger partial charge in [-0.25, -0.2) is 8.78 Å². The Labute approximate surface area is 120 Å². The summed E-state index contributed by atoms with van der Waals surface area (Å²) in [6.45, 7) is 0.493. The van der Waals surface area contributed by atoms with Crippen molar-refractivity contribution in [2.75, 3.05) is 0 Å². The molecule has 1 aliphatic heterocycles. The molecule has 0 amide bonds. The van der Waals surface area contributed by atoms with Crippen LogP contribution in [0.4, 0.5) is 8.78 Å². The summed E-state index contributed by atoms with van der Waals surface area (Å²) in [5.41, 5.74) is -0.352. The van der Waals surface area contributed by atoms with E-state index in [1.165, 1.54) is 12.1 Å². The largest absolute Gasteiger partial charge is 0.303 e. The van der Waals surface area contributed by atoms with Crippen LogP contribution in [-0.4, -0.2) is 14.8 Å². The second-order valence-electron chi connectivity index (χ2n) is 5.10. The number of nitrogens with zero attached hydrogens (tertiary/aromatic N) is 2. The van der Waals surface area contributed by atoms with Crippen molar-refractivity contribution in [3.05, 3.63) is 44.4 Å². The summed E-state index contributed by atoms with van der Waals surface area (Å²) < 4.78 is 31.0. The number of H-pyrrole nitrogens is 1. The molecule has 1 aromatic heterocycles. The fourth-order valence-electron chi connectivity index (χ4n) is 3.19. The highest BCUT2D eigenvalue weighted by Gasteiger charge is 2.64. The first kappa shape index (κ1) is 11.7. The molecule has 2 atom stereocenters. The van der Waals surface area contributed by atoms with Crippen LogP contribution < -0.4 is 0 Å². The van der Waals surface area contributed by atoms with E-state index < -0.39 is 17.0 Å². The summed E-state index contributed by atoms with van der Waals surface area (Å²) in [4.78, 5) is 0. The number of rotatable bonds is 1. The van der Waals surface area contributed by atoms with Gasteiger partial charge in [0.1, 0.15) is 17.5 Å². The van der Waals surface area contributed by atoms with Crippen molar-refractivity contribution in [1.29, 1.82) is 0 Å². The van der Waals surface area contributed by atoms with E-state index in [1.54, 1.807) is 0 Å². The van der Waals surface area contributed by atoms with Gasteiger partial charge in [0.2, 0.25) is 0 Å². The van der Waals surface area contributed by atoms with Gasteiger partial charge in [-0.1, -0.05) is 0 Å². The van der Waals surface area contributed by atoms with Gasteiger partial charge in [0, 0.05) is 23.4 Å². The molecule has 1 saturated carbocycles. The van der Waals surface area contributed by atoms with Crippen molar-refractivity contribution >= 4 is 28.1 Å². The fourth-order valence-corrected chi connectivity index (χ4v) is 3.72. The normalized spacial score (nSPS) is 27.2. The zero-order valence-corrected chi connectivity index (χ0v) is 12.0. The molecule has 1 fully saturated rings. The van der Waals surface area contributed by atoms with Crippen LogP contribution in [0.3, 0.4) is 0 Å². The quantitative estimate of drug-likeness (QED) is 0.635. The topological polar surface area (TPSA) is 33.6 Å². The van der Waals surface area contributed by atoms with Crippen LogP contribution in [-0.2, 0) is 12.0 Å². The molecule has 1 aliphatic carbocycles. The van der Waals surface area contributed by atoms with Gasteiger partial charge in [-0.3, -0.25) is 5.10 Å². The molecule has 7 heteroatoms. The Hall–Kier alpha value is -1.08. The highest BCUT2D eigenvalue weighted by molar-refractivity contribution is 9.10. The first-order valence-electron chi connectivity index (χ1n) is 5.84. The zero-order chi connectivity index (χ0) is 13.4. The van der Waals surface area contributed by atoms with Crippen LogP contribution >= 0.6 is 28.1 Å². The number of halogens is 3. The van der Waals surface area contributed by atoms with Crippen LogP contribution in [0.1, 0.15) is 23.7 Å². The maximum Gasteiger partial charge on any atom is 0.195 e. The molecular weight excluding hydrogens is 336 g/mol. The Morgan fingerprint density at radius 2 is 2.26 bits per heavy atom. The molecule has 2 aliphatic rings. The van der Waals surface area contributed by atoms with Gasteiger partial charge in [-0.2, -0.15) is 5.10 Å². The van der Waals surface area contributed by atoms with Crippen LogP contribution in [0.25, 0.3) is 0 Å². The van der Waals surface area contributed by atoms with Gasteiger partial charge in [0.05, 0.1) is 4.47 Å². The van der Waals surface area contributed by atoms with E-state index in [1.807, 2.05) is 4.57 Å². The third-order valence-corrected chi connectivity index (χ3v) is 5.08. The van der Waals surface area contributed by atoms with E-state index in [0.717, 1.165) is 12.2 Å². The van der Waals surface area contributed by atoms with Gasteiger partial charge >= 0.3 is 0 Å². The molecule has 19 heavy (non-hydrogen) atoms. The molecule has 2 heterocycles. The summed E-state index contributed by atoms with van der Waals surface area (Å²) in [6, 6.07) is 2.69. The minimum atomic E-state index is -0.511. The van der Waals surface area contributed by atoms with E-state index >= 15 is 0 Å². The predicted molar refractivity (Wildman–Crippen MR) is 70.5 cm³/mol. The molecule has 0 unspecified atom stereocenters. The number of aromatic nitrogens is 3. The van der Waals surface area contributed by atoms with Crippen LogP contribution in [0.2, 0.25) is 0 Å². The highest BCUT2D eigenvalue weighted by atomic mass is 79.9. The standard InChI is InChI=1S/C12H8BrF2N3S/c13-6-1-2-7(14)8(9(6)15)12-3-5(12)10-16-17-11(19)18(10)4-12/h1-2,5H,3-4H2,(H,17,19)/t5-,12-/m0/s1. The van der Waals surface area contributed by atoms with E-state index in [9.17, 15) is 8.78 Å². The Kier molecular flexibility index (Phi) is 2.17. The summed E-state index contributed by atoms with van der Waals surface area (Å²) in [5, 5.41) is 6.88. The summed E-state index contributed by atoms with van der Waals surface area (Å²) >= 11 is 8.24. The predicted octanol–water partition coefficient (Wildman–Crippen LogP) is 3.42. The maximum atomic E-state index is 14.3. The molecule has 1 N–H and O–H groups in total. The highest BCUT2D eigenvalue weighted by Crippen LogP contribution is 2.65. The summed E-state index contributed by atoms with van der Waals surface area (Å²) in [7, 11) is 0. The molecule has 1 aromatic carbocycles. The van der Waals surface area contributed by atoms with Crippen molar-refractivity contribution < 1.29 is 8.78 Å². The minimum Gasteiger partial charge on any atom is -0.303 e. The molecular formula is C12H8BrF2N3S. The molecule has 2 aromatic rings. The van der Waals surface area contributed by atoms with Gasteiger partial charge in [-0.15, -0.1) is 0 Å². The number of benzene rings is 1. The Bertz CT molecular complexity index is 769. The average Bonchev–Trinajstić information content (AvgIpc) is 2.83. The maximum absolute atomic E-state index is 14.3. The van der Waals surface area contributed by atoms with Crippen molar-refractivity contribution in [3.8, 4) is 0 Å². The number of nitrogens with one attached hydrogen (secondary N) is 1. The second kappa shape index (κ2) is 3.52. The van der Waals surface area contributed by atoms with E-state index in [0.29, 0.717) is 15.8 Å². The number of aromatic amines is 1. The van der Waals surface area contributed by atoms with Gasteiger partial charge in [-0.05, 0) is 46.7 Å². The van der Waals surface area contributed by atoms with Gasteiger partial charge in [0.25, 0.3) is 0 Å². The van der Waals surface area contributed by atoms with Crippen molar-refractivity contribution in [2.24, 2.45) is 0 Å². The van der Waals surface area contributed by atoms with Crippen molar-refractivity contribution in [2.45, 2.75) is 24.3 Å². The Morgan fingerprint density at radius 3 is 3.00 bits per heavy atom. The van der Waals surface area contributed by atoms with Gasteiger partial charge < -0.3 is 4.57 Å². The SMILES string of the molecule is Fc1ccc(Br)c(F)c1[C@]12C[C@H]1c1n[nH]c(=S)n1C2. The van der Waals surface area contributed by atoms with E-state index in [4.69, 9.17) is 12.2 Å². The molecule has 3 nitrogen and oxygen atoms in total. The average molecular weight is 344 g/mol. The fraction of sp³-hybridized carbons (Fsp3) is 0.333. The monoisotopic (exact) mass is 343 g/mol. The lowest BCUT2D eigenvalue weighted by Gasteiger charge is -2.15. The van der Waals surface area contributed by atoms with Crippen LogP contribution in [0, 0.1) is 16.4 Å². The Morgan fingerprint density at radius 1 is 1.47 bits per heavy atom. The third kappa shape index (κ3) is 1.34. The lowest BCUT2D eigenvalue weighted by Crippen LogP contribution is -2.17. The lowest BCUT2D eigenvalue weighted by atomic mass is 9.93. The van der Waals surface area contributed by atoms with E-state index in [2.05, 4.69) is 26.1 Å². The van der Waals surface area contributed by atoms with Crippen molar-refractivity contribution in [1.82, 2.24) is 14.8 Å². The summed E-state index contributed by atoms with van der Waals surface area (Å²) in [5.74, 6) is -0.144. The minimum absolute atomic E-state index is 0.0544. The van der Waals surface area contributed by atoms with E-state index in [-0.39, 0.29) is 11.5 Å². The van der Waals surface area contributed by atoms with Crippen LogP contribution in [0.15, 0.2) is 16.6 Å². The first-order chi connectivity index (χ1) is 9.04. The zero-order valence-electron chi connectivity index (χ0n) is 9.58. The van der Waals surface area contributed by atoms with Crippen LogP contribution in [0.5, 0.6) is 0 Å². The van der Waals surface area contributed by atoms with Crippen molar-refractivity contribution in [3.63, 3.8) is 0 Å². The summed E-state index contributed by atoms with van der Waals surface area (Å²) in [6.07, 6.45) is 0.719. The lowest BCUT2D eigenvalue weighted by molar-refractivity contribution is 0.484. The molecule has 0 bridgehead atoms. The number of hydrogen-bond donors (Lipinski definition) is 1. The second-order valence-corrected chi connectivity index (χ2v) is 6.35. The molecule has 4 rings (SSSR count). The third-order valence-electron chi connectivity index (χ3n) is 4.16. The Balaban J connectivity index is 1.90. The molecule has 98 valence electrons. The molecule has 0 saturated heterocycles. The smallest absolute Gasteiger partial charge is 0.195 e. The molecule has 0 spiro atoms. The number of hydrogen-bond acceptors (Lipinski definition) is 2. The number of fused-ring (bicyclic) bond motifs is 3. The van der Waals surface area contributed by atoms with Gasteiger partial charge in [0.15, 0.2) is 4.77 Å². The molecule has 0 radical (unpaired) electrons.